The van der Waals surface area contributed by atoms with Gasteiger partial charge in [0, 0.05) is 35.1 Å². The maximum absolute atomic E-state index is 13.0. The number of alkyl halides is 1. The Hall–Kier alpha value is -3.02. The zero-order valence-corrected chi connectivity index (χ0v) is 14.1. The van der Waals surface area contributed by atoms with E-state index in [9.17, 15) is 29.0 Å². The minimum Gasteiger partial charge on any atom is -0.507 e. The Balaban J connectivity index is 2.29. The second-order valence-corrected chi connectivity index (χ2v) is 6.25. The Labute approximate surface area is 149 Å². The number of carbonyl (C=O) groups excluding carboxylic acids is 3. The molecule has 2 aromatic carbocycles. The predicted octanol–water partition coefficient (Wildman–Crippen LogP) is 2.91. The summed E-state index contributed by atoms with van der Waals surface area (Å²) < 4.78 is 13.0. The van der Waals surface area contributed by atoms with Gasteiger partial charge in [0.15, 0.2) is 11.6 Å². The molecule has 134 valence electrons. The molecule has 0 atom stereocenters. The van der Waals surface area contributed by atoms with Gasteiger partial charge in [-0.1, -0.05) is 24.3 Å². The third-order valence-corrected chi connectivity index (χ3v) is 4.60. The molecule has 0 saturated carbocycles. The molecule has 0 unspecified atom stereocenters. The smallest absolute Gasteiger partial charge is 0.198 e. The summed E-state index contributed by atoms with van der Waals surface area (Å²) in [5.74, 6) is -2.29. The minimum atomic E-state index is -0.822. The van der Waals surface area contributed by atoms with Crippen LogP contribution in [0.15, 0.2) is 24.3 Å². The fourth-order valence-corrected chi connectivity index (χ4v) is 3.35. The number of fused-ring (bicyclic) bond motifs is 2. The number of benzene rings is 2. The van der Waals surface area contributed by atoms with Gasteiger partial charge in [0.1, 0.15) is 17.3 Å². The van der Waals surface area contributed by atoms with Crippen LogP contribution in [-0.4, -0.2) is 34.2 Å². The zero-order chi connectivity index (χ0) is 19.0. The lowest BCUT2D eigenvalue weighted by Crippen LogP contribution is -2.22. The van der Waals surface area contributed by atoms with Gasteiger partial charge in [0.2, 0.25) is 0 Å². The fourth-order valence-electron chi connectivity index (χ4n) is 3.35. The second kappa shape index (κ2) is 6.71. The topological polar surface area (TPSA) is 91.7 Å². The number of phenolic OH excluding ortho intramolecular Hbond substituents is 2. The summed E-state index contributed by atoms with van der Waals surface area (Å²) in [4.78, 5) is 36.9. The van der Waals surface area contributed by atoms with Crippen molar-refractivity contribution in [2.24, 2.45) is 0 Å². The minimum absolute atomic E-state index is 0.0421. The Morgan fingerprint density at radius 2 is 1.38 bits per heavy atom. The molecule has 0 radical (unpaired) electrons. The lowest BCUT2D eigenvalue weighted by molar-refractivity contribution is -0.116. The van der Waals surface area contributed by atoms with Crippen LogP contribution in [0.3, 0.4) is 0 Å². The largest absolute Gasteiger partial charge is 0.507 e. The number of phenols is 2. The lowest BCUT2D eigenvalue weighted by atomic mass is 9.79. The van der Waals surface area contributed by atoms with E-state index in [0.717, 1.165) is 0 Å². The SMILES string of the molecule is CC(=O)CCc1c(O)c2c(c(O)c1CCF)C(=O)c1ccccc1C2=O. The molecule has 6 heteroatoms. The first-order valence-electron chi connectivity index (χ1n) is 8.21. The molecule has 0 bridgehead atoms. The molecule has 0 amide bonds. The molecule has 5 nitrogen and oxygen atoms in total. The first-order chi connectivity index (χ1) is 12.4. The van der Waals surface area contributed by atoms with Crippen molar-refractivity contribution in [3.05, 3.63) is 57.6 Å². The van der Waals surface area contributed by atoms with Crippen LogP contribution in [-0.2, 0) is 17.6 Å². The fraction of sp³-hybridized carbons (Fsp3) is 0.250. The Bertz CT molecular complexity index is 946. The van der Waals surface area contributed by atoms with Crippen LogP contribution in [0.25, 0.3) is 0 Å². The molecule has 0 fully saturated rings. The highest BCUT2D eigenvalue weighted by Crippen LogP contribution is 2.43. The van der Waals surface area contributed by atoms with Crippen LogP contribution in [0.2, 0.25) is 0 Å². The summed E-state index contributed by atoms with van der Waals surface area (Å²) in [6, 6.07) is 6.13. The summed E-state index contributed by atoms with van der Waals surface area (Å²) >= 11 is 0. The van der Waals surface area contributed by atoms with Gasteiger partial charge in [-0.05, 0) is 13.3 Å². The average molecular weight is 356 g/mol. The van der Waals surface area contributed by atoms with E-state index in [4.69, 9.17) is 0 Å². The number of ketones is 3. The van der Waals surface area contributed by atoms with Crippen LogP contribution in [0.1, 0.15) is 56.3 Å². The van der Waals surface area contributed by atoms with Gasteiger partial charge in [-0.25, -0.2) is 0 Å². The van der Waals surface area contributed by atoms with E-state index in [0.29, 0.717) is 0 Å². The molecule has 0 aliphatic heterocycles. The number of rotatable bonds is 5. The summed E-state index contributed by atoms with van der Waals surface area (Å²) in [5.41, 5.74) is -0.133. The molecule has 2 N–H and O–H groups in total. The maximum Gasteiger partial charge on any atom is 0.198 e. The van der Waals surface area contributed by atoms with Crippen LogP contribution in [0.4, 0.5) is 4.39 Å². The highest BCUT2D eigenvalue weighted by atomic mass is 19.1. The molecule has 26 heavy (non-hydrogen) atoms. The normalized spacial score (nSPS) is 12.7. The van der Waals surface area contributed by atoms with Crippen molar-refractivity contribution >= 4 is 17.3 Å². The van der Waals surface area contributed by atoms with Crippen molar-refractivity contribution in [2.75, 3.05) is 6.67 Å². The first kappa shape index (κ1) is 17.8. The van der Waals surface area contributed by atoms with Crippen molar-refractivity contribution < 1.29 is 29.0 Å². The highest BCUT2D eigenvalue weighted by Gasteiger charge is 2.37. The number of carbonyl (C=O) groups is 3. The third-order valence-electron chi connectivity index (χ3n) is 4.60. The van der Waals surface area contributed by atoms with E-state index in [1.165, 1.54) is 19.1 Å². The van der Waals surface area contributed by atoms with E-state index in [1.54, 1.807) is 12.1 Å². The molecular weight excluding hydrogens is 339 g/mol. The van der Waals surface area contributed by atoms with Crippen molar-refractivity contribution in [3.8, 4) is 11.5 Å². The van der Waals surface area contributed by atoms with E-state index in [2.05, 4.69) is 0 Å². The van der Waals surface area contributed by atoms with E-state index in [-0.39, 0.29) is 58.4 Å². The van der Waals surface area contributed by atoms with E-state index in [1.807, 2.05) is 0 Å². The zero-order valence-electron chi connectivity index (χ0n) is 14.1. The second-order valence-electron chi connectivity index (χ2n) is 6.25. The summed E-state index contributed by atoms with van der Waals surface area (Å²) in [7, 11) is 0. The molecule has 1 aliphatic carbocycles. The third kappa shape index (κ3) is 2.67. The molecule has 2 aromatic rings. The average Bonchev–Trinajstić information content (AvgIpc) is 2.62. The van der Waals surface area contributed by atoms with Gasteiger partial charge in [-0.2, -0.15) is 0 Å². The molecule has 3 rings (SSSR count). The number of halogens is 1. The number of aromatic hydroxyl groups is 2. The van der Waals surface area contributed by atoms with Crippen LogP contribution >= 0.6 is 0 Å². The van der Waals surface area contributed by atoms with E-state index < -0.39 is 29.7 Å². The van der Waals surface area contributed by atoms with Gasteiger partial charge in [0.05, 0.1) is 17.8 Å². The van der Waals surface area contributed by atoms with Crippen LogP contribution < -0.4 is 0 Å². The molecule has 1 aliphatic rings. The quantitative estimate of drug-likeness (QED) is 0.686. The first-order valence-corrected chi connectivity index (χ1v) is 8.21. The number of Topliss-reactive ketones (excluding diaryl/α,β-unsaturated/α-hetero) is 1. The molecule has 0 aromatic heterocycles. The molecular formula is C20H17FO5. The summed E-state index contributed by atoms with van der Waals surface area (Å²) in [6.45, 7) is 0.548. The standard InChI is InChI=1S/C20H17FO5/c1-10(22)6-7-13-14(8-9-21)20(26)16-15(19(13)25)17(23)11-4-2-3-5-12(11)18(16)24/h2-5,25-26H,6-9H2,1H3. The van der Waals surface area contributed by atoms with Crippen molar-refractivity contribution in [2.45, 2.75) is 26.2 Å². The Morgan fingerprint density at radius 1 is 0.923 bits per heavy atom. The van der Waals surface area contributed by atoms with Crippen LogP contribution in [0.5, 0.6) is 11.5 Å². The van der Waals surface area contributed by atoms with Gasteiger partial charge in [-0.3, -0.25) is 14.0 Å². The summed E-state index contributed by atoms with van der Waals surface area (Å²) in [5, 5.41) is 21.3. The van der Waals surface area contributed by atoms with Crippen molar-refractivity contribution in [3.63, 3.8) is 0 Å². The lowest BCUT2D eigenvalue weighted by Gasteiger charge is -2.23. The highest BCUT2D eigenvalue weighted by molar-refractivity contribution is 6.30. The summed E-state index contributed by atoms with van der Waals surface area (Å²) in [6.07, 6.45) is -0.132. The van der Waals surface area contributed by atoms with E-state index >= 15 is 0 Å². The van der Waals surface area contributed by atoms with Gasteiger partial charge in [-0.15, -0.1) is 0 Å². The van der Waals surface area contributed by atoms with Crippen LogP contribution in [0, 0.1) is 0 Å². The Kier molecular flexibility index (Phi) is 4.59. The number of hydrogen-bond donors (Lipinski definition) is 2. The van der Waals surface area contributed by atoms with Gasteiger partial charge in [0.25, 0.3) is 0 Å². The Morgan fingerprint density at radius 3 is 1.81 bits per heavy atom. The van der Waals surface area contributed by atoms with Crippen molar-refractivity contribution in [1.29, 1.82) is 0 Å². The van der Waals surface area contributed by atoms with Gasteiger partial charge >= 0.3 is 0 Å². The number of hydrogen-bond acceptors (Lipinski definition) is 5. The maximum atomic E-state index is 13.0. The molecule has 0 heterocycles. The molecule has 0 saturated heterocycles. The molecule has 0 spiro atoms. The van der Waals surface area contributed by atoms with Gasteiger partial charge < -0.3 is 15.0 Å². The predicted molar refractivity (Wildman–Crippen MR) is 91.8 cm³/mol. The monoisotopic (exact) mass is 356 g/mol. The van der Waals surface area contributed by atoms with Crippen molar-refractivity contribution in [1.82, 2.24) is 0 Å².